The molecule has 101 heavy (non-hydrogen) atoms. The zero-order chi connectivity index (χ0) is 70.4. The number of hydrogen-bond acceptors (Lipinski definition) is 16. The standard InChI is InChI=1S/C40H46N6O6S.C36H39FN6O4S/c1-4-30(5-2)42-38(48)43-31-12-15-35(28(22-31)26-49-3)52-36-23-41-39(53-36)44-37(47)27-10-13-32(14-11-27)46-25-29(33-8-6-7-9-34(33)46)24-45-18-16-40(17-19-45)50-20-21-51-40;1-3-25(4-2)39-35(46)40-26-11-14-32(30(37)19-26)47-33-20-38-36(48-33)41-34(45)23-9-12-27(13-10-23)43-22-24(29-7-5-6-8-31(29)43)21-42-17-15-28(44)16-18-42/h6-15,22-23,25,30H,4-5,16-21,24,26H2,1-3H3,(H,41,44,47)(H2,42,43,48);5-14,19-20,22,25,28,44H,3-4,15-18,21H2,1-2H3,(H,38,41,45)(H2,39,40,46). The summed E-state index contributed by atoms with van der Waals surface area (Å²) in [5.41, 5.74) is 9.25. The number of aliphatic hydroxyl groups is 1. The van der Waals surface area contributed by atoms with E-state index in [1.807, 2.05) is 82.3 Å². The number of urea groups is 2. The monoisotopic (exact) mass is 1410 g/mol. The number of anilines is 4. The first-order valence-electron chi connectivity index (χ1n) is 34.4. The highest BCUT2D eigenvalue weighted by atomic mass is 32.1. The number of ether oxygens (including phenoxy) is 5. The van der Waals surface area contributed by atoms with Crippen LogP contribution in [0.3, 0.4) is 0 Å². The molecule has 0 unspecified atom stereocenters. The fourth-order valence-corrected chi connectivity index (χ4v) is 14.1. The summed E-state index contributed by atoms with van der Waals surface area (Å²) in [7, 11) is 1.60. The first-order valence-corrected chi connectivity index (χ1v) is 36.0. The number of carbonyl (C=O) groups is 4. The molecule has 25 heteroatoms. The minimum atomic E-state index is -0.650. The summed E-state index contributed by atoms with van der Waals surface area (Å²) in [6.45, 7) is 15.0. The number of nitrogens with one attached hydrogen (secondary N) is 6. The number of aliphatic hydroxyl groups excluding tert-OH is 1. The largest absolute Gasteiger partial charge is 0.445 e. The van der Waals surface area contributed by atoms with E-state index in [2.05, 4.69) is 110 Å². The minimum absolute atomic E-state index is 0.0338. The van der Waals surface area contributed by atoms with E-state index in [4.69, 9.17) is 23.7 Å². The molecule has 13 rings (SSSR count). The van der Waals surface area contributed by atoms with Crippen LogP contribution < -0.4 is 41.4 Å². The Bertz CT molecular complexity index is 4470. The molecule has 4 aromatic heterocycles. The number of para-hydroxylation sites is 2. The van der Waals surface area contributed by atoms with E-state index < -0.39 is 11.8 Å². The van der Waals surface area contributed by atoms with Gasteiger partial charge in [-0.3, -0.25) is 30.0 Å². The van der Waals surface area contributed by atoms with E-state index in [0.717, 1.165) is 130 Å². The third-order valence-electron chi connectivity index (χ3n) is 18.5. The predicted octanol–water partition coefficient (Wildman–Crippen LogP) is 15.5. The number of amides is 6. The summed E-state index contributed by atoms with van der Waals surface area (Å²) in [6, 6.07) is 40.7. The van der Waals surface area contributed by atoms with Crippen molar-refractivity contribution >= 4 is 90.0 Å². The Morgan fingerprint density at radius 2 is 1.04 bits per heavy atom. The summed E-state index contributed by atoms with van der Waals surface area (Å²) in [5, 5.41) is 30.8. The van der Waals surface area contributed by atoms with E-state index in [-0.39, 0.29) is 54.2 Å². The van der Waals surface area contributed by atoms with Crippen molar-refractivity contribution in [2.75, 3.05) is 67.8 Å². The molecular formula is C76H85FN12O10S2. The number of rotatable bonds is 24. The highest BCUT2D eigenvalue weighted by Crippen LogP contribution is 2.38. The van der Waals surface area contributed by atoms with Gasteiger partial charge in [-0.2, -0.15) is 0 Å². The van der Waals surface area contributed by atoms with Gasteiger partial charge in [-0.15, -0.1) is 0 Å². The predicted molar refractivity (Wildman–Crippen MR) is 393 cm³/mol. The molecule has 22 nitrogen and oxygen atoms in total. The average Bonchev–Trinajstić information content (AvgIpc) is 1.65. The maximum Gasteiger partial charge on any atom is 0.319 e. The van der Waals surface area contributed by atoms with Gasteiger partial charge in [0.25, 0.3) is 11.8 Å². The third kappa shape index (κ3) is 18.0. The van der Waals surface area contributed by atoms with E-state index >= 15 is 0 Å². The number of likely N-dealkylation sites (tertiary alicyclic amines) is 2. The summed E-state index contributed by atoms with van der Waals surface area (Å²) in [5.74, 6) is -1.11. The molecule has 3 aliphatic heterocycles. The van der Waals surface area contributed by atoms with E-state index in [1.165, 1.54) is 51.6 Å². The van der Waals surface area contributed by atoms with Gasteiger partial charge in [0, 0.05) is 140 Å². The maximum atomic E-state index is 14.8. The molecule has 0 atom stereocenters. The van der Waals surface area contributed by atoms with Gasteiger partial charge in [0.1, 0.15) is 5.75 Å². The Morgan fingerprint density at radius 3 is 1.51 bits per heavy atom. The summed E-state index contributed by atoms with van der Waals surface area (Å²) in [6.07, 6.45) is 13.8. The number of piperidine rings is 2. The number of methoxy groups -OCH3 is 1. The number of halogens is 1. The summed E-state index contributed by atoms with van der Waals surface area (Å²) in [4.78, 5) is 64.4. The van der Waals surface area contributed by atoms with Crippen LogP contribution in [0.4, 0.5) is 35.6 Å². The number of hydrogen-bond donors (Lipinski definition) is 7. The topological polar surface area (TPSA) is 249 Å². The lowest BCUT2D eigenvalue weighted by Gasteiger charge is -2.37. The van der Waals surface area contributed by atoms with E-state index in [1.54, 1.807) is 43.6 Å². The van der Waals surface area contributed by atoms with Crippen molar-refractivity contribution in [3.05, 3.63) is 192 Å². The highest BCUT2D eigenvalue weighted by molar-refractivity contribution is 7.17. The lowest BCUT2D eigenvalue weighted by atomic mass is 10.0. The molecule has 6 aromatic carbocycles. The number of carbonyl (C=O) groups excluding carboxylic acids is 4. The average molecular weight is 1410 g/mol. The molecule has 3 aliphatic rings. The van der Waals surface area contributed by atoms with Gasteiger partial charge in [0.05, 0.1) is 49.4 Å². The minimum Gasteiger partial charge on any atom is -0.445 e. The first kappa shape index (κ1) is 71.3. The molecule has 10 aromatic rings. The quantitative estimate of drug-likeness (QED) is 0.0297. The van der Waals surface area contributed by atoms with E-state index in [9.17, 15) is 28.7 Å². The lowest BCUT2D eigenvalue weighted by Crippen LogP contribution is -2.44. The van der Waals surface area contributed by atoms with Crippen LogP contribution in [0.1, 0.15) is 116 Å². The number of aromatic nitrogens is 4. The van der Waals surface area contributed by atoms with Gasteiger partial charge >= 0.3 is 12.1 Å². The third-order valence-corrected chi connectivity index (χ3v) is 20.0. The Labute approximate surface area is 594 Å². The Hall–Kier alpha value is -9.57. The van der Waals surface area contributed by atoms with Crippen molar-refractivity contribution in [1.29, 1.82) is 0 Å². The zero-order valence-electron chi connectivity index (χ0n) is 57.3. The van der Waals surface area contributed by atoms with Crippen LogP contribution in [0, 0.1) is 5.82 Å². The Kier molecular flexibility index (Phi) is 23.5. The number of fused-ring (bicyclic) bond motifs is 2. The van der Waals surface area contributed by atoms with Crippen molar-refractivity contribution in [3.63, 3.8) is 0 Å². The number of nitrogens with zero attached hydrogens (tertiary/aromatic N) is 6. The van der Waals surface area contributed by atoms with Crippen molar-refractivity contribution < 1.29 is 52.4 Å². The zero-order valence-corrected chi connectivity index (χ0v) is 58.9. The van der Waals surface area contributed by atoms with Crippen LogP contribution in [-0.2, 0) is 33.9 Å². The second-order valence-electron chi connectivity index (χ2n) is 25.3. The first-order chi connectivity index (χ1) is 49.1. The van der Waals surface area contributed by atoms with Crippen molar-refractivity contribution in [3.8, 4) is 33.0 Å². The van der Waals surface area contributed by atoms with Crippen LogP contribution in [0.15, 0.2) is 158 Å². The van der Waals surface area contributed by atoms with Crippen LogP contribution in [0.2, 0.25) is 0 Å². The molecule has 0 aliphatic carbocycles. The van der Waals surface area contributed by atoms with Crippen molar-refractivity contribution in [2.24, 2.45) is 0 Å². The highest BCUT2D eigenvalue weighted by Gasteiger charge is 2.40. The van der Waals surface area contributed by atoms with E-state index in [0.29, 0.717) is 61.9 Å². The van der Waals surface area contributed by atoms with Crippen LogP contribution in [0.5, 0.6) is 21.6 Å². The molecular weight excluding hydrogens is 1320 g/mol. The summed E-state index contributed by atoms with van der Waals surface area (Å²) >= 11 is 2.29. The fraction of sp³-hybridized carbons (Fsp3) is 0.342. The molecule has 6 amide bonds. The molecule has 1 spiro atoms. The van der Waals surface area contributed by atoms with Crippen molar-refractivity contribution in [1.82, 2.24) is 39.5 Å². The van der Waals surface area contributed by atoms with Gasteiger partial charge in [0.2, 0.25) is 10.1 Å². The van der Waals surface area contributed by atoms with Gasteiger partial charge in [-0.1, -0.05) is 86.8 Å². The Morgan fingerprint density at radius 1 is 0.584 bits per heavy atom. The molecule has 3 fully saturated rings. The molecule has 0 saturated carbocycles. The maximum absolute atomic E-state index is 14.8. The fourth-order valence-electron chi connectivity index (χ4n) is 12.8. The molecule has 3 saturated heterocycles. The van der Waals surface area contributed by atoms with Crippen molar-refractivity contribution in [2.45, 2.75) is 123 Å². The smallest absolute Gasteiger partial charge is 0.319 e. The second kappa shape index (κ2) is 33.3. The molecule has 7 heterocycles. The Balaban J connectivity index is 0.000000192. The van der Waals surface area contributed by atoms with Gasteiger partial charge < -0.3 is 59.2 Å². The molecule has 0 radical (unpaired) electrons. The lowest BCUT2D eigenvalue weighted by molar-refractivity contribution is -0.185. The second-order valence-corrected chi connectivity index (χ2v) is 27.3. The van der Waals surface area contributed by atoms with Crippen LogP contribution in [-0.4, -0.2) is 128 Å². The summed E-state index contributed by atoms with van der Waals surface area (Å²) < 4.78 is 48.2. The number of benzene rings is 6. The molecule has 528 valence electrons. The SMILES string of the molecule is CCC(CC)NC(=O)Nc1ccc(Oc2cnc(NC(=O)c3ccc(-n4cc(CN5CCC(O)CC5)c5ccccc54)cc3)s2)c(F)c1.CCC(CC)NC(=O)Nc1ccc(Oc2cnc(NC(=O)c3ccc(-n4cc(CN5CCC6(CC5)OCCO6)c5ccccc54)cc3)s2)c(COC)c1. The normalized spacial score (nSPS) is 14.8. The number of thiazole rings is 2. The van der Waals surface area contributed by atoms with Gasteiger partial charge in [0.15, 0.2) is 27.6 Å². The van der Waals surface area contributed by atoms with Gasteiger partial charge in [-0.05, 0) is 141 Å². The van der Waals surface area contributed by atoms with Gasteiger partial charge in [-0.25, -0.2) is 23.9 Å². The molecule has 0 bridgehead atoms. The van der Waals surface area contributed by atoms with Crippen LogP contribution >= 0.6 is 22.7 Å². The van der Waals surface area contributed by atoms with Crippen LogP contribution in [0.25, 0.3) is 33.2 Å². The molecule has 7 N–H and O–H groups in total.